The van der Waals surface area contributed by atoms with E-state index in [9.17, 15) is 9.59 Å². The number of primary amides is 1. The Morgan fingerprint density at radius 2 is 1.81 bits per heavy atom. The second kappa shape index (κ2) is 7.99. The minimum atomic E-state index is -0.826. The van der Waals surface area contributed by atoms with E-state index < -0.39 is 24.1 Å². The minimum absolute atomic E-state index is 0.187. The Labute approximate surface area is 158 Å². The monoisotopic (exact) mass is 380 g/mol. The van der Waals surface area contributed by atoms with E-state index in [2.05, 4.69) is 0 Å². The lowest BCUT2D eigenvalue weighted by atomic mass is 10.00. The zero-order valence-electron chi connectivity index (χ0n) is 15.7. The first-order chi connectivity index (χ1) is 12.1. The van der Waals surface area contributed by atoms with E-state index >= 15 is 0 Å². The Balaban J connectivity index is 2.47. The zero-order chi connectivity index (χ0) is 19.6. The summed E-state index contributed by atoms with van der Waals surface area (Å²) in [6, 6.07) is 5.70. The lowest BCUT2D eigenvalue weighted by Crippen LogP contribution is -2.52. The van der Waals surface area contributed by atoms with Crippen molar-refractivity contribution in [2.75, 3.05) is 0 Å². The molecule has 0 saturated heterocycles. The smallest absolute Gasteiger partial charge is 0.411 e. The maximum Gasteiger partial charge on any atom is 0.411 e. The fourth-order valence-corrected chi connectivity index (χ4v) is 3.12. The molecule has 0 saturated carbocycles. The van der Waals surface area contributed by atoms with E-state index in [1.54, 1.807) is 45.0 Å². The van der Waals surface area contributed by atoms with Gasteiger partial charge in [0.25, 0.3) is 0 Å². The molecule has 0 spiro atoms. The van der Waals surface area contributed by atoms with Gasteiger partial charge in [0.05, 0.1) is 12.1 Å². The van der Waals surface area contributed by atoms with Crippen molar-refractivity contribution in [3.63, 3.8) is 0 Å². The number of hydrogen-bond acceptors (Lipinski definition) is 4. The van der Waals surface area contributed by atoms with Crippen LogP contribution in [0.15, 0.2) is 28.7 Å². The Morgan fingerprint density at radius 1 is 1.15 bits per heavy atom. The highest BCUT2D eigenvalue weighted by Gasteiger charge is 2.37. The van der Waals surface area contributed by atoms with Gasteiger partial charge in [-0.05, 0) is 51.0 Å². The van der Waals surface area contributed by atoms with Gasteiger partial charge in [-0.15, -0.1) is 0 Å². The predicted octanol–water partition coefficient (Wildman–Crippen LogP) is 4.50. The van der Waals surface area contributed by atoms with Crippen molar-refractivity contribution in [3.05, 3.63) is 35.0 Å². The molecule has 0 bridgehead atoms. The Hall–Kier alpha value is -2.21. The summed E-state index contributed by atoms with van der Waals surface area (Å²) < 4.78 is 11.2. The molecule has 1 heterocycles. The van der Waals surface area contributed by atoms with Crippen LogP contribution in [0.3, 0.4) is 0 Å². The highest BCUT2D eigenvalue weighted by atomic mass is 35.5. The quantitative estimate of drug-likeness (QED) is 0.799. The fourth-order valence-electron chi connectivity index (χ4n) is 2.94. The largest absolute Gasteiger partial charge is 0.459 e. The van der Waals surface area contributed by atoms with Crippen LogP contribution in [0.25, 0.3) is 11.0 Å². The van der Waals surface area contributed by atoms with Gasteiger partial charge in [0.1, 0.15) is 17.4 Å². The second-order valence-electron chi connectivity index (χ2n) is 6.94. The van der Waals surface area contributed by atoms with Gasteiger partial charge in [-0.25, -0.2) is 4.79 Å². The molecule has 2 atom stereocenters. The lowest BCUT2D eigenvalue weighted by Gasteiger charge is -2.35. The third-order valence-electron chi connectivity index (χ3n) is 4.10. The molecule has 142 valence electrons. The van der Waals surface area contributed by atoms with E-state index in [-0.39, 0.29) is 12.0 Å². The number of fused-ring (bicyclic) bond motifs is 1. The molecule has 0 aliphatic carbocycles. The molecule has 2 amide bonds. The van der Waals surface area contributed by atoms with Crippen molar-refractivity contribution in [3.8, 4) is 0 Å². The number of amides is 2. The van der Waals surface area contributed by atoms with E-state index in [4.69, 9.17) is 26.5 Å². The van der Waals surface area contributed by atoms with Crippen molar-refractivity contribution < 1.29 is 18.7 Å². The minimum Gasteiger partial charge on any atom is -0.459 e. The highest BCUT2D eigenvalue weighted by molar-refractivity contribution is 6.31. The van der Waals surface area contributed by atoms with Gasteiger partial charge < -0.3 is 14.9 Å². The number of ether oxygens (including phenoxy) is 1. The molecule has 1 unspecified atom stereocenters. The van der Waals surface area contributed by atoms with Gasteiger partial charge in [0.2, 0.25) is 5.91 Å². The summed E-state index contributed by atoms with van der Waals surface area (Å²) in [5.74, 6) is -0.255. The van der Waals surface area contributed by atoms with Crippen LogP contribution >= 0.6 is 11.6 Å². The molecule has 26 heavy (non-hydrogen) atoms. The SMILES string of the molecule is CC(C)OC(=O)N(C(C)c1cc2cc(Cl)ccc2o1)[C@H](C(N)=O)C(C)C. The summed E-state index contributed by atoms with van der Waals surface area (Å²) in [5, 5.41) is 1.41. The fraction of sp³-hybridized carbons (Fsp3) is 0.474. The Kier molecular flexibility index (Phi) is 6.18. The van der Waals surface area contributed by atoms with Gasteiger partial charge >= 0.3 is 6.09 Å². The van der Waals surface area contributed by atoms with Gasteiger partial charge in [0, 0.05) is 10.4 Å². The summed E-state index contributed by atoms with van der Waals surface area (Å²) in [4.78, 5) is 26.1. The molecule has 1 aromatic heterocycles. The normalized spacial score (nSPS) is 13.8. The first kappa shape index (κ1) is 20.1. The molecule has 2 rings (SSSR count). The van der Waals surface area contributed by atoms with E-state index in [1.165, 1.54) is 4.90 Å². The molecule has 2 N–H and O–H groups in total. The average molecular weight is 381 g/mol. The van der Waals surface area contributed by atoms with Crippen LogP contribution < -0.4 is 5.73 Å². The van der Waals surface area contributed by atoms with Crippen molar-refractivity contribution >= 4 is 34.6 Å². The molecular weight excluding hydrogens is 356 g/mol. The van der Waals surface area contributed by atoms with Crippen LogP contribution in [0.2, 0.25) is 5.02 Å². The molecule has 7 heteroatoms. The number of furan rings is 1. The number of carbonyl (C=O) groups excluding carboxylic acids is 2. The van der Waals surface area contributed by atoms with Crippen molar-refractivity contribution in [1.29, 1.82) is 0 Å². The maximum absolute atomic E-state index is 12.7. The average Bonchev–Trinajstić information content (AvgIpc) is 2.93. The molecule has 6 nitrogen and oxygen atoms in total. The molecule has 0 aliphatic rings. The number of nitrogens with two attached hydrogens (primary N) is 1. The van der Waals surface area contributed by atoms with E-state index in [1.807, 2.05) is 13.8 Å². The van der Waals surface area contributed by atoms with Crippen molar-refractivity contribution in [2.24, 2.45) is 11.7 Å². The molecule has 2 aromatic rings. The van der Waals surface area contributed by atoms with Crippen LogP contribution in [0.1, 0.15) is 46.4 Å². The predicted molar refractivity (Wildman–Crippen MR) is 101 cm³/mol. The van der Waals surface area contributed by atoms with Crippen LogP contribution in [-0.4, -0.2) is 29.0 Å². The Bertz CT molecular complexity index is 800. The van der Waals surface area contributed by atoms with Gasteiger partial charge in [-0.2, -0.15) is 0 Å². The third-order valence-corrected chi connectivity index (χ3v) is 4.33. The van der Waals surface area contributed by atoms with E-state index in [0.717, 1.165) is 5.39 Å². The molecule has 0 aliphatic heterocycles. The first-order valence-electron chi connectivity index (χ1n) is 8.59. The summed E-state index contributed by atoms with van der Waals surface area (Å²) in [7, 11) is 0. The topological polar surface area (TPSA) is 85.8 Å². The van der Waals surface area contributed by atoms with Gasteiger partial charge in [-0.3, -0.25) is 9.69 Å². The number of halogens is 1. The number of nitrogens with zero attached hydrogens (tertiary/aromatic N) is 1. The number of rotatable bonds is 6. The van der Waals surface area contributed by atoms with Gasteiger partial charge in [0.15, 0.2) is 0 Å². The third kappa shape index (κ3) is 4.30. The van der Waals surface area contributed by atoms with Crippen LogP contribution in [0, 0.1) is 5.92 Å². The Morgan fingerprint density at radius 3 is 2.35 bits per heavy atom. The van der Waals surface area contributed by atoms with Crippen LogP contribution in [-0.2, 0) is 9.53 Å². The molecular formula is C19H25ClN2O4. The summed E-state index contributed by atoms with van der Waals surface area (Å²) in [6.45, 7) is 8.93. The number of hydrogen-bond donors (Lipinski definition) is 1. The second-order valence-corrected chi connectivity index (χ2v) is 7.37. The number of benzene rings is 1. The zero-order valence-corrected chi connectivity index (χ0v) is 16.4. The van der Waals surface area contributed by atoms with Crippen molar-refractivity contribution in [1.82, 2.24) is 4.90 Å². The standard InChI is InChI=1S/C19H25ClN2O4/c1-10(2)17(18(21)23)22(19(24)25-11(3)4)12(5)16-9-13-8-14(20)6-7-15(13)26-16/h6-12,17H,1-5H3,(H2,21,23)/t12?,17-/m0/s1. The summed E-state index contributed by atoms with van der Waals surface area (Å²) in [6.07, 6.45) is -0.934. The van der Waals surface area contributed by atoms with E-state index in [0.29, 0.717) is 16.4 Å². The first-order valence-corrected chi connectivity index (χ1v) is 8.96. The van der Waals surface area contributed by atoms with Crippen molar-refractivity contribution in [2.45, 2.75) is 52.8 Å². The van der Waals surface area contributed by atoms with Crippen LogP contribution in [0.4, 0.5) is 4.79 Å². The maximum atomic E-state index is 12.7. The highest BCUT2D eigenvalue weighted by Crippen LogP contribution is 2.32. The molecule has 0 radical (unpaired) electrons. The summed E-state index contributed by atoms with van der Waals surface area (Å²) >= 11 is 6.02. The number of carbonyl (C=O) groups is 2. The molecule has 0 fully saturated rings. The van der Waals surface area contributed by atoms with Gasteiger partial charge in [-0.1, -0.05) is 25.4 Å². The molecule has 1 aromatic carbocycles. The summed E-state index contributed by atoms with van der Waals surface area (Å²) in [5.41, 5.74) is 6.23. The van der Waals surface area contributed by atoms with Crippen LogP contribution in [0.5, 0.6) is 0 Å². The lowest BCUT2D eigenvalue weighted by molar-refractivity contribution is -0.125.